The second kappa shape index (κ2) is 8.18. The largest absolute Gasteiger partial charge is 0.388 e. The zero-order valence-corrected chi connectivity index (χ0v) is 15.2. The molecule has 0 aliphatic rings. The van der Waals surface area contributed by atoms with Crippen LogP contribution in [0.1, 0.15) is 66.6 Å². The lowest BCUT2D eigenvalue weighted by Crippen LogP contribution is -2.05. The molecular weight excluding hydrogens is 328 g/mol. The van der Waals surface area contributed by atoms with Gasteiger partial charge in [-0.1, -0.05) is 27.7 Å². The number of ether oxygens (including phenoxy) is 2. The van der Waals surface area contributed by atoms with E-state index >= 15 is 0 Å². The average molecular weight is 348 g/mol. The van der Waals surface area contributed by atoms with Gasteiger partial charge in [-0.25, -0.2) is 0 Å². The number of nitrogens with zero attached hydrogens (tertiary/aromatic N) is 2. The Morgan fingerprint density at radius 1 is 0.808 bits per heavy atom. The van der Waals surface area contributed by atoms with Gasteiger partial charge in [-0.3, -0.25) is 4.79 Å². The van der Waals surface area contributed by atoms with Gasteiger partial charge in [-0.2, -0.15) is 0 Å². The molecule has 5 heteroatoms. The van der Waals surface area contributed by atoms with Crippen LogP contribution in [0.25, 0.3) is 0 Å². The van der Waals surface area contributed by atoms with E-state index in [1.165, 1.54) is 0 Å². The lowest BCUT2D eigenvalue weighted by molar-refractivity contribution is 0.103. The normalized spacial score (nSPS) is 10.3. The standard InChI is InChI=1S/C21H20N2O3/c1-13(2)17-9-15(5-7-19(17)25-11-22)21(24)16-6-8-20(26-12-23)18(10-16)14(3)4/h5-10,13-14H,1-4H3. The maximum atomic E-state index is 12.9. The van der Waals surface area contributed by atoms with Gasteiger partial charge in [-0.05, 0) is 59.4 Å². The van der Waals surface area contributed by atoms with Gasteiger partial charge in [0.25, 0.3) is 12.5 Å². The summed E-state index contributed by atoms with van der Waals surface area (Å²) in [6.45, 7) is 7.88. The minimum Gasteiger partial charge on any atom is -0.388 e. The van der Waals surface area contributed by atoms with Crippen LogP contribution < -0.4 is 9.47 Å². The predicted octanol–water partition coefficient (Wildman–Crippen LogP) is 4.88. The van der Waals surface area contributed by atoms with Crippen LogP contribution in [0.15, 0.2) is 36.4 Å². The fourth-order valence-electron chi connectivity index (χ4n) is 2.73. The van der Waals surface area contributed by atoms with Gasteiger partial charge in [0.05, 0.1) is 0 Å². The highest BCUT2D eigenvalue weighted by atomic mass is 16.5. The molecule has 0 spiro atoms. The summed E-state index contributed by atoms with van der Waals surface area (Å²) < 4.78 is 9.96. The fourth-order valence-corrected chi connectivity index (χ4v) is 2.73. The molecular formula is C21H20N2O3. The lowest BCUT2D eigenvalue weighted by Gasteiger charge is -2.14. The fraction of sp³-hybridized carbons (Fsp3) is 0.286. The summed E-state index contributed by atoms with van der Waals surface area (Å²) in [6, 6.07) is 10.1. The molecule has 0 amide bonds. The first-order valence-electron chi connectivity index (χ1n) is 8.33. The molecule has 2 rings (SSSR count). The molecule has 0 saturated carbocycles. The molecule has 2 aromatic carbocycles. The smallest absolute Gasteiger partial charge is 0.292 e. The summed E-state index contributed by atoms with van der Waals surface area (Å²) in [5.74, 6) is 0.979. The zero-order chi connectivity index (χ0) is 19.3. The van der Waals surface area contributed by atoms with E-state index in [0.29, 0.717) is 22.6 Å². The Kier molecular flexibility index (Phi) is 5.98. The first-order chi connectivity index (χ1) is 12.4. The van der Waals surface area contributed by atoms with Gasteiger partial charge in [0, 0.05) is 11.1 Å². The highest BCUT2D eigenvalue weighted by Crippen LogP contribution is 2.31. The minimum absolute atomic E-state index is 0.101. The summed E-state index contributed by atoms with van der Waals surface area (Å²) in [7, 11) is 0. The van der Waals surface area contributed by atoms with Crippen LogP contribution in [-0.4, -0.2) is 5.78 Å². The van der Waals surface area contributed by atoms with Crippen molar-refractivity contribution in [1.29, 1.82) is 10.5 Å². The highest BCUT2D eigenvalue weighted by Gasteiger charge is 2.17. The van der Waals surface area contributed by atoms with Gasteiger partial charge >= 0.3 is 0 Å². The Morgan fingerprint density at radius 2 is 1.19 bits per heavy atom. The number of ketones is 1. The van der Waals surface area contributed by atoms with Gasteiger partial charge < -0.3 is 9.47 Å². The third kappa shape index (κ3) is 4.02. The van der Waals surface area contributed by atoms with Crippen LogP contribution in [0.5, 0.6) is 11.5 Å². The van der Waals surface area contributed by atoms with Crippen LogP contribution in [0, 0.1) is 23.0 Å². The number of carbonyl (C=O) groups excluding carboxylic acids is 1. The summed E-state index contributed by atoms with van der Waals surface area (Å²) in [5, 5.41) is 17.5. The van der Waals surface area contributed by atoms with E-state index < -0.39 is 0 Å². The number of hydrogen-bond donors (Lipinski definition) is 0. The number of carbonyl (C=O) groups is 1. The van der Waals surface area contributed by atoms with Crippen molar-refractivity contribution in [3.63, 3.8) is 0 Å². The lowest BCUT2D eigenvalue weighted by atomic mass is 9.93. The van der Waals surface area contributed by atoms with Gasteiger partial charge in [0.15, 0.2) is 5.78 Å². The Labute approximate surface area is 153 Å². The monoisotopic (exact) mass is 348 g/mol. The van der Waals surface area contributed by atoms with Crippen LogP contribution in [0.4, 0.5) is 0 Å². The summed E-state index contributed by atoms with van der Waals surface area (Å²) in [4.78, 5) is 12.9. The van der Waals surface area contributed by atoms with E-state index in [1.807, 2.05) is 27.7 Å². The van der Waals surface area contributed by atoms with E-state index in [0.717, 1.165) is 11.1 Å². The first-order valence-corrected chi connectivity index (χ1v) is 8.33. The molecule has 0 heterocycles. The number of nitriles is 2. The zero-order valence-electron chi connectivity index (χ0n) is 15.2. The maximum absolute atomic E-state index is 12.9. The van der Waals surface area contributed by atoms with E-state index in [9.17, 15) is 4.79 Å². The van der Waals surface area contributed by atoms with Crippen LogP contribution in [0.3, 0.4) is 0 Å². The van der Waals surface area contributed by atoms with Crippen molar-refractivity contribution in [1.82, 2.24) is 0 Å². The van der Waals surface area contributed by atoms with Crippen molar-refractivity contribution in [2.45, 2.75) is 39.5 Å². The number of benzene rings is 2. The molecule has 0 aliphatic heterocycles. The molecule has 2 aromatic rings. The van der Waals surface area contributed by atoms with Crippen molar-refractivity contribution >= 4 is 5.78 Å². The number of hydrogen-bond acceptors (Lipinski definition) is 5. The molecule has 0 fully saturated rings. The van der Waals surface area contributed by atoms with Crippen molar-refractivity contribution in [3.8, 4) is 24.0 Å². The molecule has 0 radical (unpaired) electrons. The summed E-state index contributed by atoms with van der Waals surface area (Å²) in [5.41, 5.74) is 2.63. The van der Waals surface area contributed by atoms with Crippen molar-refractivity contribution in [2.75, 3.05) is 0 Å². The summed E-state index contributed by atoms with van der Waals surface area (Å²) >= 11 is 0. The third-order valence-electron chi connectivity index (χ3n) is 4.10. The Hall–Kier alpha value is -3.31. The van der Waals surface area contributed by atoms with Gasteiger partial charge in [0.1, 0.15) is 11.5 Å². The van der Waals surface area contributed by atoms with E-state index in [-0.39, 0.29) is 17.6 Å². The third-order valence-corrected chi connectivity index (χ3v) is 4.10. The Balaban J connectivity index is 2.46. The quantitative estimate of drug-likeness (QED) is 0.548. The van der Waals surface area contributed by atoms with E-state index in [4.69, 9.17) is 20.0 Å². The molecule has 132 valence electrons. The maximum Gasteiger partial charge on any atom is 0.292 e. The molecule has 0 atom stereocenters. The predicted molar refractivity (Wildman–Crippen MR) is 97.0 cm³/mol. The molecule has 26 heavy (non-hydrogen) atoms. The van der Waals surface area contributed by atoms with Crippen LogP contribution >= 0.6 is 0 Å². The SMILES string of the molecule is CC(C)c1cc(C(=O)c2ccc(OC#N)c(C(C)C)c2)ccc1OC#N. The highest BCUT2D eigenvalue weighted by molar-refractivity contribution is 6.09. The van der Waals surface area contributed by atoms with Gasteiger partial charge in [-0.15, -0.1) is 10.5 Å². The molecule has 0 aromatic heterocycles. The minimum atomic E-state index is -0.138. The average Bonchev–Trinajstić information content (AvgIpc) is 2.62. The van der Waals surface area contributed by atoms with E-state index in [2.05, 4.69) is 0 Å². The second-order valence-corrected chi connectivity index (χ2v) is 6.53. The molecule has 0 unspecified atom stereocenters. The van der Waals surface area contributed by atoms with Crippen molar-refractivity contribution in [3.05, 3.63) is 58.7 Å². The Morgan fingerprint density at radius 3 is 1.50 bits per heavy atom. The first kappa shape index (κ1) is 19.0. The van der Waals surface area contributed by atoms with Crippen molar-refractivity contribution in [2.24, 2.45) is 0 Å². The molecule has 0 N–H and O–H groups in total. The van der Waals surface area contributed by atoms with Crippen LogP contribution in [-0.2, 0) is 0 Å². The van der Waals surface area contributed by atoms with Crippen LogP contribution in [0.2, 0.25) is 0 Å². The second-order valence-electron chi connectivity index (χ2n) is 6.53. The van der Waals surface area contributed by atoms with Crippen molar-refractivity contribution < 1.29 is 14.3 Å². The summed E-state index contributed by atoms with van der Waals surface area (Å²) in [6.07, 6.45) is 3.35. The topological polar surface area (TPSA) is 83.1 Å². The molecule has 5 nitrogen and oxygen atoms in total. The Bertz CT molecular complexity index is 829. The molecule has 0 aliphatic carbocycles. The number of rotatable bonds is 6. The van der Waals surface area contributed by atoms with Gasteiger partial charge in [0.2, 0.25) is 0 Å². The van der Waals surface area contributed by atoms with E-state index in [1.54, 1.807) is 48.9 Å². The molecule has 0 bridgehead atoms. The molecule has 0 saturated heterocycles.